The van der Waals surface area contributed by atoms with E-state index in [2.05, 4.69) is 20.9 Å². The van der Waals surface area contributed by atoms with Gasteiger partial charge in [0.2, 0.25) is 0 Å². The molecule has 2 aromatic heterocycles. The molecule has 9 heteroatoms. The second-order valence-corrected chi connectivity index (χ2v) is 9.36. The van der Waals surface area contributed by atoms with E-state index < -0.39 is 11.6 Å². The quantitative estimate of drug-likeness (QED) is 0.537. The predicted molar refractivity (Wildman–Crippen MR) is 102 cm³/mol. The highest BCUT2D eigenvalue weighted by atomic mass is 79.9. The van der Waals surface area contributed by atoms with Crippen molar-refractivity contribution < 1.29 is 18.3 Å². The highest BCUT2D eigenvalue weighted by Gasteiger charge is 2.28. The Kier molecular flexibility index (Phi) is 5.05. The molecule has 0 bridgehead atoms. The van der Waals surface area contributed by atoms with Crippen LogP contribution in [-0.2, 0) is 4.74 Å². The first-order chi connectivity index (χ1) is 12.5. The third kappa shape index (κ3) is 3.53. The van der Waals surface area contributed by atoms with Gasteiger partial charge in [0.05, 0.1) is 26.0 Å². The molecule has 0 spiro atoms. The van der Waals surface area contributed by atoms with E-state index in [1.54, 1.807) is 12.1 Å². The molecule has 4 rings (SSSR count). The molecule has 1 aromatic carbocycles. The zero-order valence-electron chi connectivity index (χ0n) is 13.4. The van der Waals surface area contributed by atoms with Crippen LogP contribution in [0.15, 0.2) is 28.1 Å². The summed E-state index contributed by atoms with van der Waals surface area (Å²) in [7, 11) is 0. The molecular formula is C17H13BrF2N2O2S2. The molecule has 0 saturated carbocycles. The SMILES string of the molecule is O=C(c1ccc(Br)s1)N(CC1CCCO1)c1nc2c(F)cc(F)cc2s1. The third-order valence-corrected chi connectivity index (χ3v) is 6.71. The van der Waals surface area contributed by atoms with Crippen molar-refractivity contribution in [3.8, 4) is 0 Å². The standard InChI is InChI=1S/C17H13BrF2N2O2S2/c18-14-4-3-12(25-14)16(23)22(8-10-2-1-5-24-10)17-21-15-11(20)6-9(19)7-13(15)26-17/h3-4,6-7,10H,1-2,5,8H2. The maximum atomic E-state index is 14.0. The van der Waals surface area contributed by atoms with Crippen LogP contribution in [0.1, 0.15) is 22.5 Å². The van der Waals surface area contributed by atoms with Crippen molar-refractivity contribution in [2.24, 2.45) is 0 Å². The minimum Gasteiger partial charge on any atom is -0.376 e. The molecule has 3 heterocycles. The van der Waals surface area contributed by atoms with Crippen LogP contribution in [0.2, 0.25) is 0 Å². The number of ether oxygens (including phenoxy) is 1. The lowest BCUT2D eigenvalue weighted by atomic mass is 10.2. The van der Waals surface area contributed by atoms with E-state index >= 15 is 0 Å². The average molecular weight is 459 g/mol. The number of nitrogens with zero attached hydrogens (tertiary/aromatic N) is 2. The molecular weight excluding hydrogens is 446 g/mol. The molecule has 1 aliphatic heterocycles. The van der Waals surface area contributed by atoms with Crippen LogP contribution >= 0.6 is 38.6 Å². The van der Waals surface area contributed by atoms with E-state index in [1.807, 2.05) is 0 Å². The Morgan fingerprint density at radius 3 is 2.88 bits per heavy atom. The first-order valence-corrected chi connectivity index (χ1v) is 10.4. The normalized spacial score (nSPS) is 17.1. The molecule has 1 fully saturated rings. The van der Waals surface area contributed by atoms with Gasteiger partial charge < -0.3 is 4.74 Å². The Balaban J connectivity index is 1.74. The van der Waals surface area contributed by atoms with Crippen LogP contribution in [0.5, 0.6) is 0 Å². The third-order valence-electron chi connectivity index (χ3n) is 4.07. The van der Waals surface area contributed by atoms with Crippen molar-refractivity contribution >= 4 is 59.9 Å². The number of carbonyl (C=O) groups excluding carboxylic acids is 1. The molecule has 1 saturated heterocycles. The van der Waals surface area contributed by atoms with Crippen LogP contribution in [0, 0.1) is 11.6 Å². The van der Waals surface area contributed by atoms with E-state index in [1.165, 1.54) is 22.3 Å². The van der Waals surface area contributed by atoms with Crippen LogP contribution in [0.4, 0.5) is 13.9 Å². The van der Waals surface area contributed by atoms with Gasteiger partial charge in [-0.3, -0.25) is 9.69 Å². The molecule has 1 aliphatic rings. The molecule has 136 valence electrons. The zero-order chi connectivity index (χ0) is 18.3. The second-order valence-electron chi connectivity index (χ2n) is 5.89. The molecule has 0 radical (unpaired) electrons. The molecule has 1 unspecified atom stereocenters. The molecule has 3 aromatic rings. The maximum absolute atomic E-state index is 14.0. The summed E-state index contributed by atoms with van der Waals surface area (Å²) in [4.78, 5) is 19.4. The van der Waals surface area contributed by atoms with Gasteiger partial charge in [-0.2, -0.15) is 0 Å². The Hall–Kier alpha value is -1.42. The summed E-state index contributed by atoms with van der Waals surface area (Å²) >= 11 is 5.77. The minimum absolute atomic E-state index is 0.0731. The fourth-order valence-electron chi connectivity index (χ4n) is 2.86. The number of carbonyl (C=O) groups is 1. The molecule has 1 atom stereocenters. The number of anilines is 1. The van der Waals surface area contributed by atoms with E-state index in [4.69, 9.17) is 4.74 Å². The summed E-state index contributed by atoms with van der Waals surface area (Å²) < 4.78 is 34.4. The molecule has 1 amide bonds. The van der Waals surface area contributed by atoms with Crippen LogP contribution in [0.3, 0.4) is 0 Å². The van der Waals surface area contributed by atoms with Gasteiger partial charge in [0.25, 0.3) is 5.91 Å². The summed E-state index contributed by atoms with van der Waals surface area (Å²) in [6.45, 7) is 0.995. The van der Waals surface area contributed by atoms with E-state index in [9.17, 15) is 13.6 Å². The Morgan fingerprint density at radius 2 is 2.19 bits per heavy atom. The fourth-order valence-corrected chi connectivity index (χ4v) is 5.21. The van der Waals surface area contributed by atoms with Crippen molar-refractivity contribution in [2.75, 3.05) is 18.1 Å². The van der Waals surface area contributed by atoms with Gasteiger partial charge in [0.1, 0.15) is 11.3 Å². The lowest BCUT2D eigenvalue weighted by molar-refractivity contribution is 0.0920. The average Bonchev–Trinajstić information content (AvgIpc) is 3.32. The van der Waals surface area contributed by atoms with Gasteiger partial charge >= 0.3 is 0 Å². The number of fused-ring (bicyclic) bond motifs is 1. The molecule has 0 aliphatic carbocycles. The summed E-state index contributed by atoms with van der Waals surface area (Å²) in [6, 6.07) is 5.56. The number of halogens is 3. The first-order valence-electron chi connectivity index (χ1n) is 7.95. The number of aromatic nitrogens is 1. The van der Waals surface area contributed by atoms with Gasteiger partial charge in [-0.05, 0) is 47.0 Å². The first kappa shape index (κ1) is 18.0. The number of amides is 1. The lowest BCUT2D eigenvalue weighted by Crippen LogP contribution is -2.37. The van der Waals surface area contributed by atoms with Crippen LogP contribution in [-0.4, -0.2) is 30.1 Å². The van der Waals surface area contributed by atoms with E-state index in [-0.39, 0.29) is 17.5 Å². The minimum atomic E-state index is -0.731. The lowest BCUT2D eigenvalue weighted by Gasteiger charge is -2.22. The number of thiazole rings is 1. The predicted octanol–water partition coefficient (Wildman–Crippen LogP) is 5.22. The van der Waals surface area contributed by atoms with Crippen molar-refractivity contribution in [2.45, 2.75) is 18.9 Å². The molecule has 0 N–H and O–H groups in total. The Labute approximate surface area is 164 Å². The number of rotatable bonds is 4. The number of benzene rings is 1. The van der Waals surface area contributed by atoms with Gasteiger partial charge in [0, 0.05) is 12.7 Å². The van der Waals surface area contributed by atoms with Gasteiger partial charge in [-0.1, -0.05) is 11.3 Å². The topological polar surface area (TPSA) is 42.4 Å². The van der Waals surface area contributed by atoms with Crippen molar-refractivity contribution in [1.29, 1.82) is 0 Å². The van der Waals surface area contributed by atoms with E-state index in [0.29, 0.717) is 27.9 Å². The number of hydrogen-bond donors (Lipinski definition) is 0. The number of hydrogen-bond acceptors (Lipinski definition) is 5. The number of thiophene rings is 1. The van der Waals surface area contributed by atoms with Crippen molar-refractivity contribution in [3.05, 3.63) is 44.6 Å². The fraction of sp³-hybridized carbons (Fsp3) is 0.294. The Bertz CT molecular complexity index is 969. The van der Waals surface area contributed by atoms with Crippen LogP contribution in [0.25, 0.3) is 10.2 Å². The largest absolute Gasteiger partial charge is 0.376 e. The van der Waals surface area contributed by atoms with Crippen molar-refractivity contribution in [3.63, 3.8) is 0 Å². The smallest absolute Gasteiger partial charge is 0.270 e. The zero-order valence-corrected chi connectivity index (χ0v) is 16.6. The van der Waals surface area contributed by atoms with Gasteiger partial charge in [0.15, 0.2) is 10.9 Å². The summed E-state index contributed by atoms with van der Waals surface area (Å²) in [6.07, 6.45) is 1.71. The van der Waals surface area contributed by atoms with Crippen molar-refractivity contribution in [1.82, 2.24) is 4.98 Å². The van der Waals surface area contributed by atoms with E-state index in [0.717, 1.165) is 34.0 Å². The summed E-state index contributed by atoms with van der Waals surface area (Å²) in [5.74, 6) is -1.62. The van der Waals surface area contributed by atoms with Crippen LogP contribution < -0.4 is 4.90 Å². The molecule has 4 nitrogen and oxygen atoms in total. The summed E-state index contributed by atoms with van der Waals surface area (Å²) in [5, 5.41) is 0.342. The van der Waals surface area contributed by atoms with Gasteiger partial charge in [-0.15, -0.1) is 11.3 Å². The highest BCUT2D eigenvalue weighted by Crippen LogP contribution is 2.34. The molecule has 26 heavy (non-hydrogen) atoms. The second kappa shape index (κ2) is 7.30. The summed E-state index contributed by atoms with van der Waals surface area (Å²) in [5.41, 5.74) is 0.0731. The Morgan fingerprint density at radius 1 is 1.35 bits per heavy atom. The maximum Gasteiger partial charge on any atom is 0.270 e. The van der Waals surface area contributed by atoms with Gasteiger partial charge in [-0.25, -0.2) is 13.8 Å². The highest BCUT2D eigenvalue weighted by molar-refractivity contribution is 9.11. The monoisotopic (exact) mass is 458 g/mol.